The second-order valence-electron chi connectivity index (χ2n) is 4.72. The van der Waals surface area contributed by atoms with Crippen LogP contribution < -0.4 is 10.9 Å². The van der Waals surface area contributed by atoms with Gasteiger partial charge in [-0.2, -0.15) is 0 Å². The summed E-state index contributed by atoms with van der Waals surface area (Å²) in [6.45, 7) is 2.61. The van der Waals surface area contributed by atoms with Crippen LogP contribution >= 0.6 is 11.3 Å². The molecule has 0 spiro atoms. The number of likely N-dealkylation sites (tertiary alicyclic amines) is 1. The predicted molar refractivity (Wildman–Crippen MR) is 74.9 cm³/mol. The van der Waals surface area contributed by atoms with Crippen molar-refractivity contribution in [3.8, 4) is 0 Å². The van der Waals surface area contributed by atoms with E-state index in [-0.39, 0.29) is 23.6 Å². The fourth-order valence-electron chi connectivity index (χ4n) is 2.17. The Hall–Kier alpha value is -1.89. The van der Waals surface area contributed by atoms with Crippen molar-refractivity contribution < 1.29 is 14.4 Å². The largest absolute Gasteiger partial charge is 0.342 e. The first-order valence-corrected chi connectivity index (χ1v) is 7.35. The number of carbonyl (C=O) groups excluding carboxylic acids is 3. The van der Waals surface area contributed by atoms with Crippen LogP contribution in [0.1, 0.15) is 29.4 Å². The van der Waals surface area contributed by atoms with Crippen molar-refractivity contribution in [3.63, 3.8) is 0 Å². The van der Waals surface area contributed by atoms with E-state index >= 15 is 0 Å². The molecule has 0 unspecified atom stereocenters. The average molecular weight is 295 g/mol. The van der Waals surface area contributed by atoms with Gasteiger partial charge >= 0.3 is 0 Å². The summed E-state index contributed by atoms with van der Waals surface area (Å²) in [5.41, 5.74) is 4.82. The van der Waals surface area contributed by atoms with E-state index in [4.69, 9.17) is 0 Å². The summed E-state index contributed by atoms with van der Waals surface area (Å²) < 4.78 is 0. The molecule has 2 rings (SSSR count). The van der Waals surface area contributed by atoms with Gasteiger partial charge in [0.05, 0.1) is 10.8 Å². The Labute approximate surface area is 121 Å². The molecule has 0 aromatic carbocycles. The van der Waals surface area contributed by atoms with Crippen molar-refractivity contribution >= 4 is 29.1 Å². The van der Waals surface area contributed by atoms with Gasteiger partial charge in [0, 0.05) is 20.0 Å². The molecule has 1 aliphatic rings. The maximum Gasteiger partial charge on any atom is 0.279 e. The molecule has 7 heteroatoms. The highest BCUT2D eigenvalue weighted by Gasteiger charge is 2.27. The van der Waals surface area contributed by atoms with Gasteiger partial charge in [-0.25, -0.2) is 0 Å². The van der Waals surface area contributed by atoms with Crippen LogP contribution in [0.5, 0.6) is 0 Å². The zero-order valence-electron chi connectivity index (χ0n) is 11.2. The fourth-order valence-corrected chi connectivity index (χ4v) is 2.79. The van der Waals surface area contributed by atoms with Gasteiger partial charge in [-0.1, -0.05) is 6.07 Å². The van der Waals surface area contributed by atoms with Gasteiger partial charge in [0.25, 0.3) is 5.91 Å². The number of carbonyl (C=O) groups is 3. The maximum absolute atomic E-state index is 12.0. The van der Waals surface area contributed by atoms with E-state index in [1.54, 1.807) is 22.4 Å². The zero-order valence-corrected chi connectivity index (χ0v) is 12.0. The maximum atomic E-state index is 12.0. The minimum atomic E-state index is -0.326. The van der Waals surface area contributed by atoms with E-state index in [1.807, 2.05) is 0 Å². The lowest BCUT2D eigenvalue weighted by Gasteiger charge is -2.31. The smallest absolute Gasteiger partial charge is 0.279 e. The summed E-state index contributed by atoms with van der Waals surface area (Å²) >= 11 is 1.31. The lowest BCUT2D eigenvalue weighted by Crippen LogP contribution is -2.49. The van der Waals surface area contributed by atoms with Gasteiger partial charge in [-0.3, -0.25) is 25.2 Å². The molecule has 2 N–H and O–H groups in total. The molecule has 108 valence electrons. The zero-order chi connectivity index (χ0) is 14.5. The van der Waals surface area contributed by atoms with Crippen molar-refractivity contribution in [1.29, 1.82) is 0 Å². The van der Waals surface area contributed by atoms with Crippen LogP contribution in [-0.2, 0) is 9.59 Å². The fraction of sp³-hybridized carbons (Fsp3) is 0.462. The van der Waals surface area contributed by atoms with E-state index in [1.165, 1.54) is 18.3 Å². The van der Waals surface area contributed by atoms with Crippen molar-refractivity contribution in [1.82, 2.24) is 15.8 Å². The van der Waals surface area contributed by atoms with Crippen LogP contribution in [0.4, 0.5) is 0 Å². The number of piperidine rings is 1. The highest BCUT2D eigenvalue weighted by Crippen LogP contribution is 2.16. The average Bonchev–Trinajstić information content (AvgIpc) is 2.98. The molecular weight excluding hydrogens is 278 g/mol. The lowest BCUT2D eigenvalue weighted by atomic mass is 9.97. The monoisotopic (exact) mass is 295 g/mol. The van der Waals surface area contributed by atoms with Gasteiger partial charge in [-0.15, -0.1) is 11.3 Å². The molecule has 0 aliphatic carbocycles. The van der Waals surface area contributed by atoms with Crippen molar-refractivity contribution in [2.45, 2.75) is 19.8 Å². The molecule has 1 atom stereocenters. The number of nitrogens with one attached hydrogen (secondary N) is 2. The van der Waals surface area contributed by atoms with Crippen molar-refractivity contribution in [2.24, 2.45) is 5.92 Å². The van der Waals surface area contributed by atoms with Crippen LogP contribution in [0.25, 0.3) is 0 Å². The van der Waals surface area contributed by atoms with Gasteiger partial charge < -0.3 is 4.90 Å². The molecule has 1 fully saturated rings. The Bertz CT molecular complexity index is 501. The van der Waals surface area contributed by atoms with Crippen LogP contribution in [-0.4, -0.2) is 35.7 Å². The number of rotatable bonds is 2. The number of nitrogens with zero attached hydrogens (tertiary/aromatic N) is 1. The van der Waals surface area contributed by atoms with Gasteiger partial charge in [0.2, 0.25) is 11.8 Å². The number of hydrazine groups is 1. The topological polar surface area (TPSA) is 78.5 Å². The number of amides is 3. The van der Waals surface area contributed by atoms with E-state index in [2.05, 4.69) is 10.9 Å². The van der Waals surface area contributed by atoms with Gasteiger partial charge in [0.1, 0.15) is 0 Å². The molecule has 0 saturated carbocycles. The number of hydrogen-bond donors (Lipinski definition) is 2. The Balaban J connectivity index is 1.82. The summed E-state index contributed by atoms with van der Waals surface area (Å²) in [6.07, 6.45) is 1.53. The van der Waals surface area contributed by atoms with E-state index in [9.17, 15) is 14.4 Å². The SMILES string of the molecule is CC(=O)N1CCC[C@@H](C(=O)NNC(=O)c2cccs2)C1. The third kappa shape index (κ3) is 3.57. The minimum Gasteiger partial charge on any atom is -0.342 e. The molecule has 1 aromatic heterocycles. The Morgan fingerprint density at radius 2 is 2.15 bits per heavy atom. The number of hydrogen-bond acceptors (Lipinski definition) is 4. The molecule has 1 aromatic rings. The Morgan fingerprint density at radius 1 is 1.35 bits per heavy atom. The molecular formula is C13H17N3O3S. The molecule has 3 amide bonds. The summed E-state index contributed by atoms with van der Waals surface area (Å²) in [5.74, 6) is -0.866. The second-order valence-corrected chi connectivity index (χ2v) is 5.67. The van der Waals surface area contributed by atoms with E-state index in [0.717, 1.165) is 12.8 Å². The van der Waals surface area contributed by atoms with Crippen molar-refractivity contribution in [2.75, 3.05) is 13.1 Å². The van der Waals surface area contributed by atoms with E-state index in [0.29, 0.717) is 18.0 Å². The molecule has 0 bridgehead atoms. The van der Waals surface area contributed by atoms with Crippen LogP contribution in [0.2, 0.25) is 0 Å². The van der Waals surface area contributed by atoms with Crippen LogP contribution in [0.15, 0.2) is 17.5 Å². The molecule has 1 aliphatic heterocycles. The molecule has 6 nitrogen and oxygen atoms in total. The van der Waals surface area contributed by atoms with E-state index < -0.39 is 0 Å². The summed E-state index contributed by atoms with van der Waals surface area (Å²) in [4.78, 5) is 37.2. The quantitative estimate of drug-likeness (QED) is 0.791. The van der Waals surface area contributed by atoms with Gasteiger partial charge in [-0.05, 0) is 24.3 Å². The first-order valence-electron chi connectivity index (χ1n) is 6.47. The summed E-state index contributed by atoms with van der Waals surface area (Å²) in [6, 6.07) is 3.46. The third-order valence-corrected chi connectivity index (χ3v) is 4.15. The molecule has 2 heterocycles. The highest BCUT2D eigenvalue weighted by molar-refractivity contribution is 7.12. The predicted octanol–water partition coefficient (Wildman–Crippen LogP) is 0.768. The van der Waals surface area contributed by atoms with Crippen LogP contribution in [0.3, 0.4) is 0 Å². The molecule has 1 saturated heterocycles. The highest BCUT2D eigenvalue weighted by atomic mass is 32.1. The normalized spacial score (nSPS) is 18.4. The number of thiophene rings is 1. The minimum absolute atomic E-state index is 0.0230. The Morgan fingerprint density at radius 3 is 2.80 bits per heavy atom. The summed E-state index contributed by atoms with van der Waals surface area (Å²) in [7, 11) is 0. The Kier molecular flexibility index (Phi) is 4.73. The second kappa shape index (κ2) is 6.51. The first-order chi connectivity index (χ1) is 9.58. The summed E-state index contributed by atoms with van der Waals surface area (Å²) in [5, 5.41) is 1.79. The lowest BCUT2D eigenvalue weighted by molar-refractivity contribution is -0.134. The molecule has 20 heavy (non-hydrogen) atoms. The first kappa shape index (κ1) is 14.5. The third-order valence-electron chi connectivity index (χ3n) is 3.28. The van der Waals surface area contributed by atoms with Crippen molar-refractivity contribution in [3.05, 3.63) is 22.4 Å². The van der Waals surface area contributed by atoms with Crippen LogP contribution in [0, 0.1) is 5.92 Å². The standard InChI is InChI=1S/C13H17N3O3S/c1-9(17)16-6-2-4-10(8-16)12(18)14-15-13(19)11-5-3-7-20-11/h3,5,7,10H,2,4,6,8H2,1H3,(H,14,18)(H,15,19)/t10-/m1/s1. The van der Waals surface area contributed by atoms with Gasteiger partial charge in [0.15, 0.2) is 0 Å². The molecule has 0 radical (unpaired) electrons.